The first kappa shape index (κ1) is 76.0. The Balaban J connectivity index is 0.000000575. The zero-order valence-corrected chi connectivity index (χ0v) is 49.7. The third-order valence-corrected chi connectivity index (χ3v) is 16.7. The van der Waals surface area contributed by atoms with Gasteiger partial charge in [0, 0.05) is 36.9 Å². The van der Waals surface area contributed by atoms with E-state index in [9.17, 15) is 129 Å². The summed E-state index contributed by atoms with van der Waals surface area (Å²) < 4.78 is 0. The fourth-order valence-corrected chi connectivity index (χ4v) is 10.8. The van der Waals surface area contributed by atoms with Crippen LogP contribution in [-0.4, -0.2) is 263 Å². The number of likely N-dealkylation sites (tertiary alicyclic amines) is 4. The Morgan fingerprint density at radius 1 is 0.360 bits per heavy atom. The van der Waals surface area contributed by atoms with E-state index in [0.29, 0.717) is 0 Å². The molecule has 0 aromatic rings. The summed E-state index contributed by atoms with van der Waals surface area (Å²) in [5.74, 6) is -2.89. The largest absolute Gasteiger partial charge is 0.492 e. The predicted molar refractivity (Wildman–Crippen MR) is 296 cm³/mol. The molecule has 4 aliphatic rings. The molecule has 0 aromatic heterocycles. The number of carbonyl (C=O) groups is 10. The molecule has 480 valence electrons. The highest BCUT2D eigenvalue weighted by Gasteiger charge is 2.70. The Labute approximate surface area is 500 Å². The molecule has 46 heteroatoms. The highest BCUT2D eigenvalue weighted by atomic mass is 32.2. The predicted octanol–water partition coefficient (Wildman–Crippen LogP) is -4.73. The monoisotopic (exact) mass is 1310 g/mol. The highest BCUT2D eigenvalue weighted by Crippen LogP contribution is 2.29. The minimum atomic E-state index is -2.32. The second-order valence-corrected chi connectivity index (χ2v) is 23.3. The van der Waals surface area contributed by atoms with Gasteiger partial charge >= 0.3 is 22.7 Å². The SMILES string of the molecule is CC(=O)N[C@@H](CSCC(=O)N1CC([N+](=O)[O-])([N+](=O)[O-])C1)C(C)=O.CC(=O)N[C@@H](CSCC(=O)N1CC([N+](=O)[O-])([N+](=O)[O-])C1)C(C)=O.CC(=O)[C@@H](N)CSCC(=O)N1CC([N+](=O)[O-])([N+](=O)[O-])C1.CC(=O)[C@@H](N)CSCC(=O)N1CC([N+](=O)[O-])([N+](=O)[O-])C1. The summed E-state index contributed by atoms with van der Waals surface area (Å²) in [7, 11) is 0. The van der Waals surface area contributed by atoms with Gasteiger partial charge < -0.3 is 41.7 Å². The molecule has 42 nitrogen and oxygen atoms in total. The van der Waals surface area contributed by atoms with Gasteiger partial charge in [-0.3, -0.25) is 129 Å². The van der Waals surface area contributed by atoms with Crippen molar-refractivity contribution in [2.45, 2.75) is 88.4 Å². The van der Waals surface area contributed by atoms with Crippen molar-refractivity contribution < 1.29 is 87.3 Å². The van der Waals surface area contributed by atoms with Crippen molar-refractivity contribution in [3.63, 3.8) is 0 Å². The van der Waals surface area contributed by atoms with Crippen molar-refractivity contribution in [3.05, 3.63) is 80.9 Å². The molecule has 0 unspecified atom stereocenters. The van der Waals surface area contributed by atoms with Gasteiger partial charge in [0.25, 0.3) is 0 Å². The van der Waals surface area contributed by atoms with Crippen LogP contribution in [0.5, 0.6) is 0 Å². The molecule has 4 rings (SSSR count). The van der Waals surface area contributed by atoms with Crippen LogP contribution in [0, 0.1) is 80.9 Å². The van der Waals surface area contributed by atoms with Crippen molar-refractivity contribution in [1.82, 2.24) is 30.2 Å². The van der Waals surface area contributed by atoms with Gasteiger partial charge in [-0.05, 0) is 27.7 Å². The van der Waals surface area contributed by atoms with Crippen LogP contribution in [0.2, 0.25) is 0 Å². The maximum Gasteiger partial charge on any atom is 0.492 e. The molecular formula is C40H60N16O26S4. The first-order valence-corrected chi connectivity index (χ1v) is 28.9. The van der Waals surface area contributed by atoms with Crippen LogP contribution < -0.4 is 22.1 Å². The summed E-state index contributed by atoms with van der Waals surface area (Å²) in [6.45, 7) is 3.37. The van der Waals surface area contributed by atoms with E-state index in [1.54, 1.807) is 0 Å². The Hall–Kier alpha value is -7.98. The second kappa shape index (κ2) is 33.1. The van der Waals surface area contributed by atoms with Crippen LogP contribution in [0.1, 0.15) is 41.5 Å². The maximum absolute atomic E-state index is 11.8. The van der Waals surface area contributed by atoms with E-state index in [1.165, 1.54) is 41.5 Å². The smallest absolute Gasteiger partial charge is 0.346 e. The van der Waals surface area contributed by atoms with Crippen LogP contribution in [-0.2, 0) is 47.9 Å². The molecule has 4 fully saturated rings. The molecule has 6 N–H and O–H groups in total. The minimum absolute atomic E-state index is 0.0213. The van der Waals surface area contributed by atoms with Crippen molar-refractivity contribution in [3.8, 4) is 0 Å². The number of ketones is 4. The van der Waals surface area contributed by atoms with E-state index in [1.807, 2.05) is 0 Å². The fraction of sp³-hybridized carbons (Fsp3) is 0.750. The summed E-state index contributed by atoms with van der Waals surface area (Å²) in [4.78, 5) is 195. The van der Waals surface area contributed by atoms with E-state index < -0.39 is 162 Å². The average Bonchev–Trinajstić information content (AvgIpc) is 3.31. The summed E-state index contributed by atoms with van der Waals surface area (Å²) in [6, 6.07) is -2.78. The van der Waals surface area contributed by atoms with Crippen LogP contribution >= 0.6 is 47.0 Å². The molecule has 0 saturated carbocycles. The minimum Gasteiger partial charge on any atom is -0.346 e. The van der Waals surface area contributed by atoms with Gasteiger partial charge in [-0.2, -0.15) is 0 Å². The van der Waals surface area contributed by atoms with Gasteiger partial charge in [0.1, 0.15) is 51.0 Å². The molecule has 0 bridgehead atoms. The average molecular weight is 1310 g/mol. The summed E-state index contributed by atoms with van der Waals surface area (Å²) in [5, 5.41) is 90.5. The van der Waals surface area contributed by atoms with E-state index in [4.69, 9.17) is 11.5 Å². The zero-order chi connectivity index (χ0) is 66.6. The number of nitro groups is 8. The number of carbonyl (C=O) groups excluding carboxylic acids is 10. The highest BCUT2D eigenvalue weighted by molar-refractivity contribution is 8.00. The molecule has 0 aliphatic carbocycles. The fourth-order valence-electron chi connectivity index (χ4n) is 6.84. The third-order valence-electron chi connectivity index (χ3n) is 12.5. The lowest BCUT2D eigenvalue weighted by atomic mass is 10.0. The van der Waals surface area contributed by atoms with Crippen molar-refractivity contribution >= 4 is 106 Å². The van der Waals surface area contributed by atoms with Crippen LogP contribution in [0.3, 0.4) is 0 Å². The number of Topliss-reactive ketones (excluding diaryl/α,β-unsaturated/α-hetero) is 4. The van der Waals surface area contributed by atoms with Gasteiger partial charge in [-0.1, -0.05) is 0 Å². The molecule has 6 amide bonds. The van der Waals surface area contributed by atoms with Crippen molar-refractivity contribution in [2.24, 2.45) is 11.5 Å². The number of amides is 6. The van der Waals surface area contributed by atoms with Crippen molar-refractivity contribution in [2.75, 3.05) is 98.4 Å². The van der Waals surface area contributed by atoms with E-state index in [-0.39, 0.29) is 81.0 Å². The van der Waals surface area contributed by atoms with Crippen LogP contribution in [0.25, 0.3) is 0 Å². The number of rotatable bonds is 30. The Morgan fingerprint density at radius 3 is 0.674 bits per heavy atom. The van der Waals surface area contributed by atoms with Crippen LogP contribution in [0.15, 0.2) is 0 Å². The maximum atomic E-state index is 11.8. The third kappa shape index (κ3) is 20.6. The molecule has 0 radical (unpaired) electrons. The van der Waals surface area contributed by atoms with Gasteiger partial charge in [-0.25, -0.2) is 0 Å². The lowest BCUT2D eigenvalue weighted by Crippen LogP contribution is -2.71. The summed E-state index contributed by atoms with van der Waals surface area (Å²) in [6.07, 6.45) is 0. The van der Waals surface area contributed by atoms with Gasteiger partial charge in [0.15, 0.2) is 63.9 Å². The normalized spacial score (nSPS) is 17.4. The molecule has 86 heavy (non-hydrogen) atoms. The second-order valence-electron chi connectivity index (χ2n) is 19.2. The molecule has 0 spiro atoms. The van der Waals surface area contributed by atoms with Crippen molar-refractivity contribution in [1.29, 1.82) is 0 Å². The number of nitrogens with zero attached hydrogens (tertiary/aromatic N) is 12. The first-order valence-electron chi connectivity index (χ1n) is 24.3. The lowest BCUT2D eigenvalue weighted by Gasteiger charge is -2.36. The molecule has 4 atom stereocenters. The summed E-state index contributed by atoms with van der Waals surface area (Å²) >= 11 is 4.37. The molecule has 0 aromatic carbocycles. The lowest BCUT2D eigenvalue weighted by molar-refractivity contribution is -0.809. The molecular weight excluding hydrogens is 1250 g/mol. The molecule has 4 saturated heterocycles. The van der Waals surface area contributed by atoms with E-state index in [2.05, 4.69) is 10.6 Å². The van der Waals surface area contributed by atoms with Gasteiger partial charge in [-0.15, -0.1) is 47.0 Å². The number of nitrogens with two attached hydrogens (primary N) is 2. The number of nitrogens with one attached hydrogen (secondary N) is 2. The number of hydrogen-bond donors (Lipinski definition) is 4. The Morgan fingerprint density at radius 2 is 0.535 bits per heavy atom. The summed E-state index contributed by atoms with van der Waals surface area (Å²) in [5.41, 5.74) is 1.74. The quantitative estimate of drug-likeness (QED) is 0.0298. The van der Waals surface area contributed by atoms with Crippen LogP contribution in [0.4, 0.5) is 0 Å². The number of hydrogen-bond acceptors (Lipinski definition) is 32. The van der Waals surface area contributed by atoms with Gasteiger partial charge in [0.05, 0.1) is 47.2 Å². The Bertz CT molecular complexity index is 2460. The van der Waals surface area contributed by atoms with E-state index >= 15 is 0 Å². The zero-order valence-electron chi connectivity index (χ0n) is 46.4. The van der Waals surface area contributed by atoms with Gasteiger partial charge in [0.2, 0.25) is 35.4 Å². The van der Waals surface area contributed by atoms with E-state index in [0.717, 1.165) is 66.6 Å². The standard InChI is InChI=1S/2C11H16N4O7S.2C9H14N4O6S/c2*1-7(16)9(12-8(2)17)3-23-4-10(18)13-5-11(6-13,14(19)20)15(21)22;2*1-6(14)7(10)2-20-3-8(15)11-4-9(5-11,12(16)17)13(18)19/h2*9H,3-6H2,1-2H3,(H,12,17);2*7H,2-5,10H2,1H3/t2*9-;2*7-/m0000/s1. The number of thioether (sulfide) groups is 4. The molecule has 4 aliphatic heterocycles. The topological polar surface area (TPSA) is 605 Å². The first-order chi connectivity index (χ1) is 39.6. The molecule has 4 heterocycles. The Kier molecular flexibility index (Phi) is 29.2.